The van der Waals surface area contributed by atoms with Gasteiger partial charge in [0.1, 0.15) is 0 Å². The monoisotopic (exact) mass is 285 g/mol. The van der Waals surface area contributed by atoms with Crippen molar-refractivity contribution < 1.29 is 0 Å². The van der Waals surface area contributed by atoms with Crippen LogP contribution in [0.4, 0.5) is 0 Å². The smallest absolute Gasteiger partial charge is 0.250 e. The number of aromatic nitrogens is 1. The lowest BCUT2D eigenvalue weighted by molar-refractivity contribution is 0.266. The van der Waals surface area contributed by atoms with Gasteiger partial charge in [-0.2, -0.15) is 0 Å². The summed E-state index contributed by atoms with van der Waals surface area (Å²) >= 11 is 0. The third-order valence-corrected chi connectivity index (χ3v) is 3.74. The van der Waals surface area contributed by atoms with Gasteiger partial charge in [0, 0.05) is 38.4 Å². The molecule has 0 radical (unpaired) electrons. The van der Waals surface area contributed by atoms with Crippen molar-refractivity contribution in [3.05, 3.63) is 70.1 Å². The Labute approximate surface area is 125 Å². The van der Waals surface area contributed by atoms with Gasteiger partial charge in [-0.15, -0.1) is 0 Å². The Balaban J connectivity index is 2.00. The molecular weight excluding hydrogens is 262 g/mol. The average Bonchev–Trinajstić information content (AvgIpc) is 2.53. The van der Waals surface area contributed by atoms with Crippen LogP contribution in [0.2, 0.25) is 0 Å². The lowest BCUT2D eigenvalue weighted by Crippen LogP contribution is -2.30. The van der Waals surface area contributed by atoms with E-state index in [0.717, 1.165) is 19.6 Å². The summed E-state index contributed by atoms with van der Waals surface area (Å²) < 4.78 is 1.75. The van der Waals surface area contributed by atoms with Gasteiger partial charge < -0.3 is 10.3 Å². The maximum absolute atomic E-state index is 11.7. The van der Waals surface area contributed by atoms with E-state index in [1.54, 1.807) is 16.7 Å². The van der Waals surface area contributed by atoms with Crippen molar-refractivity contribution in [3.8, 4) is 0 Å². The first-order valence-electron chi connectivity index (χ1n) is 7.39. The quantitative estimate of drug-likeness (QED) is 0.844. The van der Waals surface area contributed by atoms with Crippen molar-refractivity contribution in [2.75, 3.05) is 13.1 Å². The zero-order chi connectivity index (χ0) is 15.1. The molecule has 4 heteroatoms. The van der Waals surface area contributed by atoms with E-state index in [1.807, 2.05) is 24.4 Å². The number of benzene rings is 1. The highest BCUT2D eigenvalue weighted by Gasteiger charge is 2.07. The van der Waals surface area contributed by atoms with E-state index in [9.17, 15) is 4.79 Å². The van der Waals surface area contributed by atoms with Gasteiger partial charge in [-0.05, 0) is 23.7 Å². The number of likely N-dealkylation sites (N-methyl/N-ethyl adjacent to an activating group) is 1. The van der Waals surface area contributed by atoms with Crippen LogP contribution in [0.25, 0.3) is 0 Å². The highest BCUT2D eigenvalue weighted by Crippen LogP contribution is 2.11. The van der Waals surface area contributed by atoms with E-state index in [0.29, 0.717) is 13.1 Å². The highest BCUT2D eigenvalue weighted by molar-refractivity contribution is 5.26. The molecule has 0 fully saturated rings. The first-order chi connectivity index (χ1) is 10.2. The third-order valence-electron chi connectivity index (χ3n) is 3.74. The number of rotatable bonds is 7. The molecule has 0 unspecified atom stereocenters. The van der Waals surface area contributed by atoms with Gasteiger partial charge >= 0.3 is 0 Å². The minimum atomic E-state index is 0.0518. The van der Waals surface area contributed by atoms with Crippen LogP contribution in [-0.4, -0.2) is 22.6 Å². The Morgan fingerprint density at radius 3 is 2.48 bits per heavy atom. The minimum Gasteiger partial charge on any atom is -0.326 e. The molecule has 0 spiro atoms. The maximum atomic E-state index is 11.7. The van der Waals surface area contributed by atoms with Gasteiger partial charge in [0.15, 0.2) is 0 Å². The molecule has 0 bridgehead atoms. The molecule has 0 saturated carbocycles. The first kappa shape index (κ1) is 15.5. The molecule has 0 atom stereocenters. The van der Waals surface area contributed by atoms with E-state index in [1.165, 1.54) is 11.1 Å². The molecule has 4 nitrogen and oxygen atoms in total. The Bertz CT molecular complexity index is 621. The predicted molar refractivity (Wildman–Crippen MR) is 86.0 cm³/mol. The molecule has 112 valence electrons. The number of pyridine rings is 1. The zero-order valence-electron chi connectivity index (χ0n) is 12.5. The predicted octanol–water partition coefficient (Wildman–Crippen LogP) is 1.83. The van der Waals surface area contributed by atoms with Crippen LogP contribution in [-0.2, 0) is 19.6 Å². The molecule has 21 heavy (non-hydrogen) atoms. The number of nitrogens with zero attached hydrogens (tertiary/aromatic N) is 2. The number of hydrogen-bond acceptors (Lipinski definition) is 3. The molecular formula is C17H23N3O. The van der Waals surface area contributed by atoms with Crippen LogP contribution >= 0.6 is 0 Å². The van der Waals surface area contributed by atoms with Crippen molar-refractivity contribution in [1.82, 2.24) is 9.47 Å². The van der Waals surface area contributed by atoms with Gasteiger partial charge in [0.25, 0.3) is 5.56 Å². The van der Waals surface area contributed by atoms with E-state index in [-0.39, 0.29) is 5.56 Å². The zero-order valence-corrected chi connectivity index (χ0v) is 12.5. The second kappa shape index (κ2) is 7.76. The molecule has 2 rings (SSSR count). The van der Waals surface area contributed by atoms with Gasteiger partial charge in [-0.25, -0.2) is 0 Å². The topological polar surface area (TPSA) is 51.3 Å². The van der Waals surface area contributed by atoms with Crippen LogP contribution in [0.15, 0.2) is 53.5 Å². The molecule has 0 aliphatic heterocycles. The fourth-order valence-corrected chi connectivity index (χ4v) is 2.40. The Morgan fingerprint density at radius 1 is 1.10 bits per heavy atom. The van der Waals surface area contributed by atoms with Crippen molar-refractivity contribution in [3.63, 3.8) is 0 Å². The normalized spacial score (nSPS) is 11.0. The molecule has 1 aromatic heterocycles. The molecule has 0 amide bonds. The second-order valence-corrected chi connectivity index (χ2v) is 5.07. The van der Waals surface area contributed by atoms with Crippen LogP contribution in [0.3, 0.4) is 0 Å². The molecule has 1 heterocycles. The summed E-state index contributed by atoms with van der Waals surface area (Å²) in [7, 11) is 0. The molecule has 0 aliphatic rings. The van der Waals surface area contributed by atoms with E-state index in [2.05, 4.69) is 24.0 Å². The van der Waals surface area contributed by atoms with Gasteiger partial charge in [-0.3, -0.25) is 9.69 Å². The lowest BCUT2D eigenvalue weighted by Gasteiger charge is -2.22. The molecule has 0 aliphatic carbocycles. The summed E-state index contributed by atoms with van der Waals surface area (Å²) in [6, 6.07) is 13.5. The summed E-state index contributed by atoms with van der Waals surface area (Å²) in [6.07, 6.45) is 1.84. The summed E-state index contributed by atoms with van der Waals surface area (Å²) in [5, 5.41) is 0. The first-order valence-corrected chi connectivity index (χ1v) is 7.39. The van der Waals surface area contributed by atoms with Crippen LogP contribution in [0, 0.1) is 0 Å². The third kappa shape index (κ3) is 4.28. The fourth-order valence-electron chi connectivity index (χ4n) is 2.40. The van der Waals surface area contributed by atoms with Crippen molar-refractivity contribution in [1.29, 1.82) is 0 Å². The molecule has 1 aromatic carbocycles. The van der Waals surface area contributed by atoms with Gasteiger partial charge in [0.2, 0.25) is 0 Å². The van der Waals surface area contributed by atoms with E-state index >= 15 is 0 Å². The number of hydrogen-bond donors (Lipinski definition) is 1. The Hall–Kier alpha value is -1.91. The minimum absolute atomic E-state index is 0.0518. The van der Waals surface area contributed by atoms with Crippen LogP contribution in [0.1, 0.15) is 18.1 Å². The molecule has 0 saturated heterocycles. The van der Waals surface area contributed by atoms with E-state index < -0.39 is 0 Å². The van der Waals surface area contributed by atoms with Crippen molar-refractivity contribution in [2.24, 2.45) is 5.73 Å². The number of nitrogens with two attached hydrogens (primary N) is 1. The van der Waals surface area contributed by atoms with Crippen molar-refractivity contribution in [2.45, 2.75) is 26.6 Å². The summed E-state index contributed by atoms with van der Waals surface area (Å²) in [6.45, 7) is 6.06. The highest BCUT2D eigenvalue weighted by atomic mass is 16.1. The molecule has 2 N–H and O–H groups in total. The molecule has 2 aromatic rings. The van der Waals surface area contributed by atoms with Gasteiger partial charge in [-0.1, -0.05) is 37.3 Å². The Kier molecular flexibility index (Phi) is 5.72. The van der Waals surface area contributed by atoms with Crippen LogP contribution in [0.5, 0.6) is 0 Å². The van der Waals surface area contributed by atoms with Crippen LogP contribution < -0.4 is 11.3 Å². The largest absolute Gasteiger partial charge is 0.326 e. The summed E-state index contributed by atoms with van der Waals surface area (Å²) in [4.78, 5) is 14.0. The maximum Gasteiger partial charge on any atom is 0.250 e. The van der Waals surface area contributed by atoms with Gasteiger partial charge in [0.05, 0.1) is 0 Å². The fraction of sp³-hybridized carbons (Fsp3) is 0.353. The summed E-state index contributed by atoms with van der Waals surface area (Å²) in [5.41, 5.74) is 8.29. The average molecular weight is 285 g/mol. The van der Waals surface area contributed by atoms with E-state index in [4.69, 9.17) is 5.73 Å². The second-order valence-electron chi connectivity index (χ2n) is 5.07. The standard InChI is InChI=1S/C17H23N3O/c1-2-19(11-12-20-10-6-5-9-17(20)21)14-16-8-4-3-7-15(16)13-18/h3-10H,2,11-14,18H2,1H3. The van der Waals surface area contributed by atoms with Crippen molar-refractivity contribution >= 4 is 0 Å². The summed E-state index contributed by atoms with van der Waals surface area (Å²) in [5.74, 6) is 0. The SMILES string of the molecule is CCN(CCn1ccccc1=O)Cc1ccccc1CN. The lowest BCUT2D eigenvalue weighted by atomic mass is 10.1. The Morgan fingerprint density at radius 2 is 1.81 bits per heavy atom.